The van der Waals surface area contributed by atoms with Gasteiger partial charge in [0.2, 0.25) is 0 Å². The molecule has 0 aliphatic rings. The van der Waals surface area contributed by atoms with Crippen molar-refractivity contribution in [1.82, 2.24) is 10.6 Å². The van der Waals surface area contributed by atoms with E-state index in [0.29, 0.717) is 13.1 Å². The molecule has 5 heteroatoms. The second-order valence-electron chi connectivity index (χ2n) is 5.62. The van der Waals surface area contributed by atoms with Gasteiger partial charge in [0.05, 0.1) is 6.54 Å². The molecule has 24 heavy (non-hydrogen) atoms. The number of para-hydroxylation sites is 2. The monoisotopic (exact) mass is 323 g/mol. The summed E-state index contributed by atoms with van der Waals surface area (Å²) in [6, 6.07) is 19.6. The van der Waals surface area contributed by atoms with Gasteiger partial charge in [0.1, 0.15) is 11.3 Å². The van der Waals surface area contributed by atoms with Gasteiger partial charge in [-0.2, -0.15) is 0 Å². The van der Waals surface area contributed by atoms with Gasteiger partial charge in [0.25, 0.3) is 0 Å². The number of hydrogen-bond acceptors (Lipinski definition) is 3. The number of nitrogens with one attached hydrogen (secondary N) is 2. The van der Waals surface area contributed by atoms with Crippen LogP contribution in [0.4, 0.5) is 10.5 Å². The standard InChI is InChI=1S/C19H21N3O2/c1-22(16-8-3-2-4-9-16)12-11-20-19(23)21-14-17-13-15-7-5-6-10-18(15)24-17/h2-10,13H,11-12,14H2,1H3,(H2,20,21,23). The summed E-state index contributed by atoms with van der Waals surface area (Å²) >= 11 is 0. The van der Waals surface area contributed by atoms with Crippen molar-refractivity contribution in [1.29, 1.82) is 0 Å². The Balaban J connectivity index is 1.41. The molecule has 3 rings (SSSR count). The molecule has 5 nitrogen and oxygen atoms in total. The molecule has 0 saturated heterocycles. The van der Waals surface area contributed by atoms with Crippen LogP contribution in [-0.4, -0.2) is 26.2 Å². The lowest BCUT2D eigenvalue weighted by Gasteiger charge is -2.19. The molecule has 0 aliphatic heterocycles. The minimum Gasteiger partial charge on any atom is -0.459 e. The first-order valence-corrected chi connectivity index (χ1v) is 7.98. The number of furan rings is 1. The Morgan fingerprint density at radius 2 is 1.79 bits per heavy atom. The molecule has 1 heterocycles. The summed E-state index contributed by atoms with van der Waals surface area (Å²) < 4.78 is 5.67. The third-order valence-corrected chi connectivity index (χ3v) is 3.83. The number of fused-ring (bicyclic) bond motifs is 1. The normalized spacial score (nSPS) is 10.5. The van der Waals surface area contributed by atoms with Crippen LogP contribution in [0.5, 0.6) is 0 Å². The predicted molar refractivity (Wildman–Crippen MR) is 96.2 cm³/mol. The Morgan fingerprint density at radius 3 is 2.58 bits per heavy atom. The van der Waals surface area contributed by atoms with Gasteiger partial charge >= 0.3 is 6.03 Å². The summed E-state index contributed by atoms with van der Waals surface area (Å²) in [6.45, 7) is 1.68. The number of rotatable bonds is 6. The fourth-order valence-electron chi connectivity index (χ4n) is 2.50. The zero-order chi connectivity index (χ0) is 16.8. The summed E-state index contributed by atoms with van der Waals surface area (Å²) in [6.07, 6.45) is 0. The molecular weight excluding hydrogens is 302 g/mol. The van der Waals surface area contributed by atoms with Crippen LogP contribution in [0.25, 0.3) is 11.0 Å². The zero-order valence-electron chi connectivity index (χ0n) is 13.7. The molecule has 2 aromatic carbocycles. The van der Waals surface area contributed by atoms with E-state index in [2.05, 4.69) is 15.5 Å². The van der Waals surface area contributed by atoms with Gasteiger partial charge in [-0.05, 0) is 24.3 Å². The lowest BCUT2D eigenvalue weighted by Crippen LogP contribution is -2.39. The molecule has 0 saturated carbocycles. The molecule has 3 aromatic rings. The summed E-state index contributed by atoms with van der Waals surface area (Å²) in [4.78, 5) is 14.0. The third kappa shape index (κ3) is 4.07. The van der Waals surface area contributed by atoms with E-state index in [1.165, 1.54) is 0 Å². The van der Waals surface area contributed by atoms with Gasteiger partial charge in [0.15, 0.2) is 0 Å². The molecule has 2 N–H and O–H groups in total. The van der Waals surface area contributed by atoms with Crippen LogP contribution < -0.4 is 15.5 Å². The fraction of sp³-hybridized carbons (Fsp3) is 0.211. The summed E-state index contributed by atoms with van der Waals surface area (Å²) in [5, 5.41) is 6.71. The number of likely N-dealkylation sites (N-methyl/N-ethyl adjacent to an activating group) is 1. The van der Waals surface area contributed by atoms with E-state index in [1.54, 1.807) is 0 Å². The average Bonchev–Trinajstić information content (AvgIpc) is 3.03. The van der Waals surface area contributed by atoms with Crippen molar-refractivity contribution < 1.29 is 9.21 Å². The zero-order valence-corrected chi connectivity index (χ0v) is 13.7. The Bertz CT molecular complexity index is 765. The van der Waals surface area contributed by atoms with Crippen molar-refractivity contribution in [2.24, 2.45) is 0 Å². The van der Waals surface area contributed by atoms with Crippen LogP contribution in [0.15, 0.2) is 65.1 Å². The van der Waals surface area contributed by atoms with Crippen molar-refractivity contribution in [3.05, 3.63) is 66.4 Å². The van der Waals surface area contributed by atoms with Gasteiger partial charge in [-0.25, -0.2) is 4.79 Å². The van der Waals surface area contributed by atoms with Crippen LogP contribution >= 0.6 is 0 Å². The quantitative estimate of drug-likeness (QED) is 0.731. The molecule has 0 bridgehead atoms. The number of carbonyl (C=O) groups excluding carboxylic acids is 1. The van der Waals surface area contributed by atoms with Crippen LogP contribution in [0.1, 0.15) is 5.76 Å². The molecule has 1 aromatic heterocycles. The van der Waals surface area contributed by atoms with Crippen LogP contribution in [0.3, 0.4) is 0 Å². The maximum atomic E-state index is 11.9. The molecule has 0 spiro atoms. The number of hydrogen-bond donors (Lipinski definition) is 2. The van der Waals surface area contributed by atoms with Crippen molar-refractivity contribution in [2.75, 3.05) is 25.0 Å². The molecule has 0 fully saturated rings. The third-order valence-electron chi connectivity index (χ3n) is 3.83. The smallest absolute Gasteiger partial charge is 0.315 e. The van der Waals surface area contributed by atoms with Gasteiger partial charge < -0.3 is 20.0 Å². The van der Waals surface area contributed by atoms with Crippen LogP contribution in [0, 0.1) is 0 Å². The average molecular weight is 323 g/mol. The number of anilines is 1. The van der Waals surface area contributed by atoms with Crippen LogP contribution in [-0.2, 0) is 6.54 Å². The maximum absolute atomic E-state index is 11.9. The van der Waals surface area contributed by atoms with Crippen molar-refractivity contribution in [2.45, 2.75) is 6.54 Å². The van der Waals surface area contributed by atoms with Crippen LogP contribution in [0.2, 0.25) is 0 Å². The van der Waals surface area contributed by atoms with Crippen molar-refractivity contribution >= 4 is 22.7 Å². The molecule has 0 unspecified atom stereocenters. The van der Waals surface area contributed by atoms with E-state index in [-0.39, 0.29) is 6.03 Å². The second kappa shape index (κ2) is 7.55. The minimum absolute atomic E-state index is 0.197. The molecule has 2 amide bonds. The first-order chi connectivity index (χ1) is 11.7. The Kier molecular flexibility index (Phi) is 5.01. The number of carbonyl (C=O) groups is 1. The lowest BCUT2D eigenvalue weighted by molar-refractivity contribution is 0.240. The van der Waals surface area contributed by atoms with Crippen molar-refractivity contribution in [3.63, 3.8) is 0 Å². The van der Waals surface area contributed by atoms with E-state index in [0.717, 1.165) is 29.0 Å². The summed E-state index contributed by atoms with van der Waals surface area (Å²) in [7, 11) is 2.00. The highest BCUT2D eigenvalue weighted by Crippen LogP contribution is 2.18. The lowest BCUT2D eigenvalue weighted by atomic mass is 10.2. The largest absolute Gasteiger partial charge is 0.459 e. The Labute approximate surface area is 141 Å². The van der Waals surface area contributed by atoms with Gasteiger partial charge in [0, 0.05) is 31.2 Å². The number of urea groups is 1. The molecule has 0 radical (unpaired) electrons. The SMILES string of the molecule is CN(CCNC(=O)NCc1cc2ccccc2o1)c1ccccc1. The van der Waals surface area contributed by atoms with E-state index < -0.39 is 0 Å². The van der Waals surface area contributed by atoms with Gasteiger partial charge in [-0.15, -0.1) is 0 Å². The highest BCUT2D eigenvalue weighted by molar-refractivity contribution is 5.78. The minimum atomic E-state index is -0.197. The Morgan fingerprint density at radius 1 is 1.04 bits per heavy atom. The van der Waals surface area contributed by atoms with E-state index in [9.17, 15) is 4.79 Å². The first-order valence-electron chi connectivity index (χ1n) is 7.98. The molecule has 0 atom stereocenters. The van der Waals surface area contributed by atoms with Gasteiger partial charge in [-0.1, -0.05) is 36.4 Å². The topological polar surface area (TPSA) is 57.5 Å². The van der Waals surface area contributed by atoms with E-state index in [4.69, 9.17) is 4.42 Å². The highest BCUT2D eigenvalue weighted by atomic mass is 16.3. The maximum Gasteiger partial charge on any atom is 0.315 e. The van der Waals surface area contributed by atoms with Gasteiger partial charge in [-0.3, -0.25) is 0 Å². The molecule has 0 aliphatic carbocycles. The summed E-state index contributed by atoms with van der Waals surface area (Å²) in [5.41, 5.74) is 1.96. The number of nitrogens with zero attached hydrogens (tertiary/aromatic N) is 1. The number of benzene rings is 2. The highest BCUT2D eigenvalue weighted by Gasteiger charge is 2.06. The fourth-order valence-corrected chi connectivity index (χ4v) is 2.50. The predicted octanol–water partition coefficient (Wildman–Crippen LogP) is 3.37. The number of amides is 2. The Hall–Kier alpha value is -2.95. The summed E-state index contributed by atoms with van der Waals surface area (Å²) in [5.74, 6) is 0.743. The van der Waals surface area contributed by atoms with E-state index in [1.807, 2.05) is 67.7 Å². The van der Waals surface area contributed by atoms with E-state index >= 15 is 0 Å². The molecule has 124 valence electrons. The second-order valence-corrected chi connectivity index (χ2v) is 5.62. The first kappa shape index (κ1) is 15.9. The molecular formula is C19H21N3O2. The van der Waals surface area contributed by atoms with Crippen molar-refractivity contribution in [3.8, 4) is 0 Å².